The number of fused-ring (bicyclic) bond motifs is 1. The second-order valence-electron chi connectivity index (χ2n) is 7.11. The smallest absolute Gasteiger partial charge is 0.197 e. The molecule has 0 atom stereocenters. The summed E-state index contributed by atoms with van der Waals surface area (Å²) in [6, 6.07) is 15.7. The summed E-state index contributed by atoms with van der Waals surface area (Å²) < 4.78 is 7.86. The Bertz CT molecular complexity index is 943. The molecular weight excluding hydrogens is 336 g/mol. The minimum absolute atomic E-state index is 0.0803. The molecule has 0 fully saturated rings. The van der Waals surface area contributed by atoms with Crippen molar-refractivity contribution in [3.63, 3.8) is 0 Å². The van der Waals surface area contributed by atoms with Crippen LogP contribution in [0, 0.1) is 0 Å². The molecule has 0 saturated carbocycles. The maximum absolute atomic E-state index is 13.1. The number of rotatable bonds is 8. The molecule has 3 rings (SSSR count). The Labute approximate surface area is 161 Å². The van der Waals surface area contributed by atoms with Gasteiger partial charge in [-0.05, 0) is 63.3 Å². The van der Waals surface area contributed by atoms with E-state index in [1.54, 1.807) is 0 Å². The molecule has 0 aliphatic rings. The van der Waals surface area contributed by atoms with Crippen LogP contribution in [0.3, 0.4) is 0 Å². The van der Waals surface area contributed by atoms with Gasteiger partial charge in [-0.25, -0.2) is 0 Å². The van der Waals surface area contributed by atoms with Gasteiger partial charge in [0.2, 0.25) is 0 Å². The number of para-hydroxylation sites is 1. The highest BCUT2D eigenvalue weighted by Gasteiger charge is 2.11. The first-order chi connectivity index (χ1) is 13.1. The number of benzene rings is 2. The standard InChI is InChI=1S/C23H28N2O2/c1-4-16-27-19-12-10-18(11-13-19)21-17-25(15-7-14-24(2)3)22-9-6-5-8-20(22)23(21)26/h5-6,8-13,17H,4,7,14-16H2,1-3H3. The van der Waals surface area contributed by atoms with Crippen LogP contribution in [0.4, 0.5) is 0 Å². The zero-order valence-electron chi connectivity index (χ0n) is 16.4. The molecule has 0 aliphatic carbocycles. The van der Waals surface area contributed by atoms with Gasteiger partial charge in [-0.1, -0.05) is 31.2 Å². The molecule has 142 valence electrons. The lowest BCUT2D eigenvalue weighted by atomic mass is 10.0. The zero-order chi connectivity index (χ0) is 19.2. The SMILES string of the molecule is CCCOc1ccc(-c2cn(CCCN(C)C)c3ccccc3c2=O)cc1. The fourth-order valence-corrected chi connectivity index (χ4v) is 3.24. The van der Waals surface area contributed by atoms with E-state index in [2.05, 4.69) is 30.5 Å². The average Bonchev–Trinajstić information content (AvgIpc) is 2.68. The summed E-state index contributed by atoms with van der Waals surface area (Å²) in [5.41, 5.74) is 2.74. The highest BCUT2D eigenvalue weighted by Crippen LogP contribution is 2.23. The van der Waals surface area contributed by atoms with Crippen molar-refractivity contribution >= 4 is 10.9 Å². The molecule has 1 heterocycles. The van der Waals surface area contributed by atoms with Crippen molar-refractivity contribution in [2.24, 2.45) is 0 Å². The van der Waals surface area contributed by atoms with E-state index in [1.807, 2.05) is 54.7 Å². The van der Waals surface area contributed by atoms with Gasteiger partial charge >= 0.3 is 0 Å². The maximum Gasteiger partial charge on any atom is 0.197 e. The second kappa shape index (κ2) is 8.87. The molecule has 0 aliphatic heterocycles. The first-order valence-corrected chi connectivity index (χ1v) is 9.60. The van der Waals surface area contributed by atoms with Gasteiger partial charge in [0.25, 0.3) is 0 Å². The van der Waals surface area contributed by atoms with Crippen LogP contribution in [0.2, 0.25) is 0 Å². The summed E-state index contributed by atoms with van der Waals surface area (Å²) in [4.78, 5) is 15.2. The summed E-state index contributed by atoms with van der Waals surface area (Å²) in [5.74, 6) is 0.840. The van der Waals surface area contributed by atoms with E-state index < -0.39 is 0 Å². The normalized spacial score (nSPS) is 11.3. The van der Waals surface area contributed by atoms with E-state index in [-0.39, 0.29) is 5.43 Å². The van der Waals surface area contributed by atoms with Gasteiger partial charge in [0.15, 0.2) is 5.43 Å². The third kappa shape index (κ3) is 4.58. The van der Waals surface area contributed by atoms with Crippen molar-refractivity contribution in [1.29, 1.82) is 0 Å². The Hall–Kier alpha value is -2.59. The molecule has 0 bridgehead atoms. The summed E-state index contributed by atoms with van der Waals surface area (Å²) >= 11 is 0. The van der Waals surface area contributed by atoms with Crippen LogP contribution in [-0.4, -0.2) is 36.7 Å². The summed E-state index contributed by atoms with van der Waals surface area (Å²) in [6.07, 6.45) is 4.01. The molecule has 2 aromatic carbocycles. The van der Waals surface area contributed by atoms with Gasteiger partial charge in [0, 0.05) is 23.7 Å². The third-order valence-electron chi connectivity index (χ3n) is 4.63. The van der Waals surface area contributed by atoms with Crippen LogP contribution < -0.4 is 10.2 Å². The number of hydrogen-bond acceptors (Lipinski definition) is 3. The molecule has 0 amide bonds. The number of ether oxygens (including phenoxy) is 1. The Morgan fingerprint density at radius 3 is 2.48 bits per heavy atom. The summed E-state index contributed by atoms with van der Waals surface area (Å²) in [6.45, 7) is 4.68. The molecule has 0 N–H and O–H groups in total. The molecule has 4 nitrogen and oxygen atoms in total. The van der Waals surface area contributed by atoms with Crippen molar-refractivity contribution in [3.8, 4) is 16.9 Å². The summed E-state index contributed by atoms with van der Waals surface area (Å²) in [5, 5.41) is 0.770. The predicted molar refractivity (Wildman–Crippen MR) is 113 cm³/mol. The van der Waals surface area contributed by atoms with E-state index in [0.29, 0.717) is 6.61 Å². The van der Waals surface area contributed by atoms with Gasteiger partial charge in [0.1, 0.15) is 5.75 Å². The van der Waals surface area contributed by atoms with Crippen LogP contribution in [0.5, 0.6) is 5.75 Å². The van der Waals surface area contributed by atoms with Crippen LogP contribution >= 0.6 is 0 Å². The Morgan fingerprint density at radius 2 is 1.78 bits per heavy atom. The first kappa shape index (κ1) is 19.2. The van der Waals surface area contributed by atoms with Crippen molar-refractivity contribution in [2.75, 3.05) is 27.2 Å². The van der Waals surface area contributed by atoms with Crippen LogP contribution in [-0.2, 0) is 6.54 Å². The minimum atomic E-state index is 0.0803. The van der Waals surface area contributed by atoms with Crippen molar-refractivity contribution in [2.45, 2.75) is 26.3 Å². The van der Waals surface area contributed by atoms with E-state index >= 15 is 0 Å². The average molecular weight is 364 g/mol. The molecule has 1 aromatic heterocycles. The molecule has 0 unspecified atom stereocenters. The third-order valence-corrected chi connectivity index (χ3v) is 4.63. The molecule has 0 radical (unpaired) electrons. The quantitative estimate of drug-likeness (QED) is 0.594. The van der Waals surface area contributed by atoms with Gasteiger partial charge in [-0.3, -0.25) is 4.79 Å². The Kier molecular flexibility index (Phi) is 6.30. The van der Waals surface area contributed by atoms with Crippen LogP contribution in [0.25, 0.3) is 22.0 Å². The molecule has 0 spiro atoms. The van der Waals surface area contributed by atoms with Gasteiger partial charge in [-0.2, -0.15) is 0 Å². The first-order valence-electron chi connectivity index (χ1n) is 9.60. The van der Waals surface area contributed by atoms with Gasteiger partial charge < -0.3 is 14.2 Å². The van der Waals surface area contributed by atoms with Crippen molar-refractivity contribution in [3.05, 3.63) is 65.0 Å². The zero-order valence-corrected chi connectivity index (χ0v) is 16.4. The highest BCUT2D eigenvalue weighted by atomic mass is 16.5. The summed E-state index contributed by atoms with van der Waals surface area (Å²) in [7, 11) is 4.16. The largest absolute Gasteiger partial charge is 0.494 e. The van der Waals surface area contributed by atoms with Crippen molar-refractivity contribution in [1.82, 2.24) is 9.47 Å². The Balaban J connectivity index is 1.99. The number of aryl methyl sites for hydroxylation is 1. The highest BCUT2D eigenvalue weighted by molar-refractivity contribution is 5.84. The van der Waals surface area contributed by atoms with Gasteiger partial charge in [-0.15, -0.1) is 0 Å². The molecule has 3 aromatic rings. The second-order valence-corrected chi connectivity index (χ2v) is 7.11. The van der Waals surface area contributed by atoms with E-state index in [9.17, 15) is 4.79 Å². The lowest BCUT2D eigenvalue weighted by molar-refractivity contribution is 0.317. The predicted octanol–water partition coefficient (Wildman–Crippen LogP) is 4.41. The van der Waals surface area contributed by atoms with Gasteiger partial charge in [0.05, 0.1) is 12.1 Å². The molecule has 4 heteroatoms. The van der Waals surface area contributed by atoms with Crippen LogP contribution in [0.15, 0.2) is 59.5 Å². The number of aromatic nitrogens is 1. The number of pyridine rings is 1. The van der Waals surface area contributed by atoms with E-state index in [1.165, 1.54) is 0 Å². The monoisotopic (exact) mass is 364 g/mol. The lowest BCUT2D eigenvalue weighted by Gasteiger charge is -2.15. The molecular formula is C23H28N2O2. The molecule has 0 saturated heterocycles. The van der Waals surface area contributed by atoms with E-state index in [0.717, 1.165) is 53.7 Å². The number of nitrogens with zero attached hydrogens (tertiary/aromatic N) is 2. The molecule has 27 heavy (non-hydrogen) atoms. The van der Waals surface area contributed by atoms with Crippen LogP contribution in [0.1, 0.15) is 19.8 Å². The topological polar surface area (TPSA) is 34.5 Å². The fraction of sp³-hybridized carbons (Fsp3) is 0.348. The lowest BCUT2D eigenvalue weighted by Crippen LogP contribution is -2.17. The van der Waals surface area contributed by atoms with E-state index in [4.69, 9.17) is 4.74 Å². The maximum atomic E-state index is 13.1. The fourth-order valence-electron chi connectivity index (χ4n) is 3.24. The van der Waals surface area contributed by atoms with Crippen molar-refractivity contribution < 1.29 is 4.74 Å². The Morgan fingerprint density at radius 1 is 1.04 bits per heavy atom. The number of hydrogen-bond donors (Lipinski definition) is 0. The minimum Gasteiger partial charge on any atom is -0.494 e.